The molecule has 0 saturated carbocycles. The van der Waals surface area contributed by atoms with E-state index in [2.05, 4.69) is 15.5 Å². The second-order valence-corrected chi connectivity index (χ2v) is 3.29. The van der Waals surface area contributed by atoms with Crippen LogP contribution in [0.25, 0.3) is 0 Å². The van der Waals surface area contributed by atoms with Gasteiger partial charge in [-0.2, -0.15) is 0 Å². The lowest BCUT2D eigenvalue weighted by atomic mass is 10.1. The van der Waals surface area contributed by atoms with E-state index < -0.39 is 0 Å². The van der Waals surface area contributed by atoms with Crippen molar-refractivity contribution in [2.45, 2.75) is 25.5 Å². The monoisotopic (exact) mass is 182 g/mol. The summed E-state index contributed by atoms with van der Waals surface area (Å²) >= 11 is 0. The molecule has 72 valence electrons. The molecule has 1 aliphatic rings. The van der Waals surface area contributed by atoms with E-state index in [1.807, 2.05) is 4.57 Å². The quantitative estimate of drug-likeness (QED) is 0.659. The van der Waals surface area contributed by atoms with E-state index in [0.717, 1.165) is 25.9 Å². The van der Waals surface area contributed by atoms with Gasteiger partial charge in [0.2, 0.25) is 0 Å². The molecule has 0 aliphatic carbocycles. The molecule has 2 heterocycles. The van der Waals surface area contributed by atoms with E-state index >= 15 is 0 Å². The summed E-state index contributed by atoms with van der Waals surface area (Å²) in [5.74, 6) is 0.673. The van der Waals surface area contributed by atoms with Crippen molar-refractivity contribution in [3.05, 3.63) is 12.2 Å². The van der Waals surface area contributed by atoms with Crippen molar-refractivity contribution in [1.29, 1.82) is 0 Å². The van der Waals surface area contributed by atoms with Crippen molar-refractivity contribution < 1.29 is 5.11 Å². The van der Waals surface area contributed by atoms with Gasteiger partial charge in [-0.15, -0.1) is 10.2 Å². The highest BCUT2D eigenvalue weighted by atomic mass is 16.3. The molecule has 1 aliphatic heterocycles. The van der Waals surface area contributed by atoms with Crippen molar-refractivity contribution >= 4 is 0 Å². The maximum Gasteiger partial charge on any atom is 0.158 e. The van der Waals surface area contributed by atoms with Gasteiger partial charge in [-0.1, -0.05) is 0 Å². The second-order valence-electron chi connectivity index (χ2n) is 3.29. The lowest BCUT2D eigenvalue weighted by Crippen LogP contribution is -2.29. The molecule has 5 nitrogen and oxygen atoms in total. The number of aromatic nitrogens is 3. The lowest BCUT2D eigenvalue weighted by molar-refractivity contribution is 0.253. The normalized spacial score (nSPS) is 19.2. The Bertz CT molecular complexity index is 267. The zero-order valence-electron chi connectivity index (χ0n) is 7.48. The molecule has 1 saturated heterocycles. The minimum absolute atomic E-state index is 0.0239. The molecule has 2 rings (SSSR count). The van der Waals surface area contributed by atoms with E-state index in [1.165, 1.54) is 0 Å². The van der Waals surface area contributed by atoms with Crippen LogP contribution in [0.1, 0.15) is 24.7 Å². The third-order valence-corrected chi connectivity index (χ3v) is 2.49. The van der Waals surface area contributed by atoms with Crippen molar-refractivity contribution in [2.24, 2.45) is 0 Å². The molecular formula is C8H14N4O. The fourth-order valence-corrected chi connectivity index (χ4v) is 1.77. The minimum Gasteiger partial charge on any atom is -0.388 e. The van der Waals surface area contributed by atoms with Gasteiger partial charge in [0.1, 0.15) is 12.9 Å². The molecule has 0 amide bonds. The number of aliphatic hydroxyl groups excluding tert-OH is 1. The Labute approximate surface area is 76.8 Å². The summed E-state index contributed by atoms with van der Waals surface area (Å²) in [7, 11) is 0. The predicted octanol–water partition coefficient (Wildman–Crippen LogP) is -0.305. The number of rotatable bonds is 2. The summed E-state index contributed by atoms with van der Waals surface area (Å²) in [6, 6.07) is 0.457. The molecule has 5 heteroatoms. The van der Waals surface area contributed by atoms with Gasteiger partial charge in [0, 0.05) is 6.04 Å². The van der Waals surface area contributed by atoms with Gasteiger partial charge in [0.15, 0.2) is 5.82 Å². The van der Waals surface area contributed by atoms with Crippen molar-refractivity contribution in [2.75, 3.05) is 13.1 Å². The average molecular weight is 182 g/mol. The van der Waals surface area contributed by atoms with Gasteiger partial charge in [-0.3, -0.25) is 0 Å². The highest BCUT2D eigenvalue weighted by Crippen LogP contribution is 2.18. The SMILES string of the molecule is OCc1nncn1C1CCNCC1. The summed E-state index contributed by atoms with van der Waals surface area (Å²) in [5, 5.41) is 19.9. The molecule has 0 unspecified atom stereocenters. The van der Waals surface area contributed by atoms with Gasteiger partial charge in [-0.05, 0) is 25.9 Å². The highest BCUT2D eigenvalue weighted by molar-refractivity contribution is 4.88. The minimum atomic E-state index is -0.0239. The molecule has 0 bridgehead atoms. The summed E-state index contributed by atoms with van der Waals surface area (Å²) < 4.78 is 1.99. The van der Waals surface area contributed by atoms with Crippen LogP contribution >= 0.6 is 0 Å². The van der Waals surface area contributed by atoms with Gasteiger partial charge in [-0.25, -0.2) is 0 Å². The third-order valence-electron chi connectivity index (χ3n) is 2.49. The largest absolute Gasteiger partial charge is 0.388 e. The zero-order chi connectivity index (χ0) is 9.10. The molecule has 0 aromatic carbocycles. The van der Waals surface area contributed by atoms with Crippen LogP contribution in [0.3, 0.4) is 0 Å². The third kappa shape index (κ3) is 1.71. The Balaban J connectivity index is 2.13. The van der Waals surface area contributed by atoms with Crippen LogP contribution in [-0.2, 0) is 6.61 Å². The first-order valence-corrected chi connectivity index (χ1v) is 4.62. The van der Waals surface area contributed by atoms with Crippen LogP contribution < -0.4 is 5.32 Å². The average Bonchev–Trinajstić information content (AvgIpc) is 2.67. The van der Waals surface area contributed by atoms with Crippen molar-refractivity contribution in [3.63, 3.8) is 0 Å². The van der Waals surface area contributed by atoms with E-state index in [9.17, 15) is 0 Å². The van der Waals surface area contributed by atoms with Gasteiger partial charge in [0.25, 0.3) is 0 Å². The molecule has 2 N–H and O–H groups in total. The molecule has 1 fully saturated rings. The molecule has 1 aromatic rings. The zero-order valence-corrected chi connectivity index (χ0v) is 7.48. The van der Waals surface area contributed by atoms with E-state index in [1.54, 1.807) is 6.33 Å². The number of nitrogens with zero attached hydrogens (tertiary/aromatic N) is 3. The second kappa shape index (κ2) is 3.85. The van der Waals surface area contributed by atoms with Crippen LogP contribution in [0.5, 0.6) is 0 Å². The lowest BCUT2D eigenvalue weighted by Gasteiger charge is -2.24. The summed E-state index contributed by atoms with van der Waals surface area (Å²) in [6.07, 6.45) is 3.89. The first-order valence-electron chi connectivity index (χ1n) is 4.62. The Hall–Kier alpha value is -0.940. The molecule has 0 spiro atoms. The Morgan fingerprint density at radius 1 is 1.54 bits per heavy atom. The highest BCUT2D eigenvalue weighted by Gasteiger charge is 2.17. The molecule has 13 heavy (non-hydrogen) atoms. The van der Waals surface area contributed by atoms with Crippen LogP contribution in [0, 0.1) is 0 Å². The Kier molecular flexibility index (Phi) is 2.56. The summed E-state index contributed by atoms with van der Waals surface area (Å²) in [6.45, 7) is 2.05. The predicted molar refractivity (Wildman–Crippen MR) is 47.1 cm³/mol. The summed E-state index contributed by atoms with van der Waals surface area (Å²) in [4.78, 5) is 0. The fraction of sp³-hybridized carbons (Fsp3) is 0.750. The maximum absolute atomic E-state index is 9.00. The van der Waals surface area contributed by atoms with Gasteiger partial charge >= 0.3 is 0 Å². The Morgan fingerprint density at radius 3 is 3.00 bits per heavy atom. The first kappa shape index (κ1) is 8.65. The Morgan fingerprint density at radius 2 is 2.31 bits per heavy atom. The molecule has 0 radical (unpaired) electrons. The molecular weight excluding hydrogens is 168 g/mol. The van der Waals surface area contributed by atoms with Crippen LogP contribution in [0.15, 0.2) is 6.33 Å². The number of piperidine rings is 1. The smallest absolute Gasteiger partial charge is 0.158 e. The van der Waals surface area contributed by atoms with E-state index in [4.69, 9.17) is 5.11 Å². The van der Waals surface area contributed by atoms with Crippen LogP contribution in [0.2, 0.25) is 0 Å². The number of hydrogen-bond acceptors (Lipinski definition) is 4. The van der Waals surface area contributed by atoms with Crippen LogP contribution in [-0.4, -0.2) is 33.0 Å². The number of nitrogens with one attached hydrogen (secondary N) is 1. The van der Waals surface area contributed by atoms with Gasteiger partial charge < -0.3 is 15.0 Å². The fourth-order valence-electron chi connectivity index (χ4n) is 1.77. The van der Waals surface area contributed by atoms with Gasteiger partial charge in [0.05, 0.1) is 0 Å². The molecule has 0 atom stereocenters. The van der Waals surface area contributed by atoms with Crippen molar-refractivity contribution in [3.8, 4) is 0 Å². The number of hydrogen-bond donors (Lipinski definition) is 2. The van der Waals surface area contributed by atoms with E-state index in [-0.39, 0.29) is 6.61 Å². The topological polar surface area (TPSA) is 63.0 Å². The standard InChI is InChI=1S/C8H14N4O/c13-5-8-11-10-6-12(8)7-1-3-9-4-2-7/h6-7,9,13H,1-5H2. The summed E-state index contributed by atoms with van der Waals surface area (Å²) in [5.41, 5.74) is 0. The number of aliphatic hydroxyl groups is 1. The van der Waals surface area contributed by atoms with E-state index in [0.29, 0.717) is 11.9 Å². The van der Waals surface area contributed by atoms with Crippen LogP contribution in [0.4, 0.5) is 0 Å². The molecule has 1 aromatic heterocycles. The first-order chi connectivity index (χ1) is 6.42. The maximum atomic E-state index is 9.00. The van der Waals surface area contributed by atoms with Crippen molar-refractivity contribution in [1.82, 2.24) is 20.1 Å².